The third kappa shape index (κ3) is 3.62. The Morgan fingerprint density at radius 2 is 1.92 bits per heavy atom. The molecule has 1 heterocycles. The van der Waals surface area contributed by atoms with E-state index in [0.29, 0.717) is 16.4 Å². The fourth-order valence-corrected chi connectivity index (χ4v) is 2.70. The number of nitrogens with zero attached hydrogens (tertiary/aromatic N) is 3. The third-order valence-corrected chi connectivity index (χ3v) is 3.92. The lowest BCUT2D eigenvalue weighted by Gasteiger charge is -2.00. The fraction of sp³-hybridized carbons (Fsp3) is 0. The van der Waals surface area contributed by atoms with Gasteiger partial charge in [0.2, 0.25) is 0 Å². The molecule has 1 N–H and O–H groups in total. The molecule has 3 rings (SSSR count). The molecule has 118 valence electrons. The zero-order valence-corrected chi connectivity index (χ0v) is 13.0. The summed E-state index contributed by atoms with van der Waals surface area (Å²) in [6.07, 6.45) is 0. The van der Waals surface area contributed by atoms with Gasteiger partial charge in [0.15, 0.2) is 10.7 Å². The van der Waals surface area contributed by atoms with E-state index in [-0.39, 0.29) is 11.5 Å². The number of nitrogens with one attached hydrogen (secondary N) is 1. The molecule has 0 fully saturated rings. The maximum atomic E-state index is 13.1. The number of thiazole rings is 1. The second kappa shape index (κ2) is 6.98. The summed E-state index contributed by atoms with van der Waals surface area (Å²) in [5.74, 6) is -0.727. The number of hydrazone groups is 1. The highest BCUT2D eigenvalue weighted by Crippen LogP contribution is 2.22. The van der Waals surface area contributed by atoms with Crippen LogP contribution < -0.4 is 5.43 Å². The van der Waals surface area contributed by atoms with E-state index in [4.69, 9.17) is 0 Å². The number of hydrogen-bond acceptors (Lipinski definition) is 5. The molecule has 3 aromatic rings. The van der Waals surface area contributed by atoms with Gasteiger partial charge in [-0.3, -0.25) is 5.43 Å². The quantitative estimate of drug-likeness (QED) is 0.564. The highest BCUT2D eigenvalue weighted by atomic mass is 32.1. The molecule has 0 aliphatic carbocycles. The van der Waals surface area contributed by atoms with Gasteiger partial charge in [0, 0.05) is 10.9 Å². The predicted molar refractivity (Wildman–Crippen MR) is 89.7 cm³/mol. The van der Waals surface area contributed by atoms with Crippen molar-refractivity contribution in [2.24, 2.45) is 5.10 Å². The van der Waals surface area contributed by atoms with Crippen molar-refractivity contribution in [3.8, 4) is 17.3 Å². The van der Waals surface area contributed by atoms with Crippen LogP contribution in [0.25, 0.3) is 11.3 Å². The second-order valence-corrected chi connectivity index (χ2v) is 5.60. The van der Waals surface area contributed by atoms with Crippen LogP contribution in [0.15, 0.2) is 59.0 Å². The Kier molecular flexibility index (Phi) is 4.59. The molecular weight excluding hydrogens is 330 g/mol. The highest BCUT2D eigenvalue weighted by molar-refractivity contribution is 7.12. The first kappa shape index (κ1) is 15.8. The third-order valence-electron chi connectivity index (χ3n) is 3.07. The molecule has 0 atom stereocenters. The Morgan fingerprint density at radius 1 is 1.12 bits per heavy atom. The molecular formula is C17H10F2N4S. The molecule has 0 saturated heterocycles. The molecule has 1 aromatic heterocycles. The number of nitriles is 1. The van der Waals surface area contributed by atoms with E-state index in [1.165, 1.54) is 41.7 Å². The van der Waals surface area contributed by atoms with Crippen molar-refractivity contribution in [3.63, 3.8) is 0 Å². The van der Waals surface area contributed by atoms with Gasteiger partial charge in [-0.2, -0.15) is 10.4 Å². The first-order chi connectivity index (χ1) is 11.7. The zero-order valence-electron chi connectivity index (χ0n) is 12.2. The molecule has 0 aliphatic heterocycles. The van der Waals surface area contributed by atoms with E-state index in [0.717, 1.165) is 5.56 Å². The number of aromatic nitrogens is 1. The van der Waals surface area contributed by atoms with E-state index < -0.39 is 5.82 Å². The van der Waals surface area contributed by atoms with Crippen LogP contribution in [-0.4, -0.2) is 10.7 Å². The normalized spacial score (nSPS) is 11.1. The van der Waals surface area contributed by atoms with Crippen LogP contribution in [0.4, 0.5) is 14.5 Å². The fourth-order valence-electron chi connectivity index (χ4n) is 1.93. The predicted octanol–water partition coefficient (Wildman–Crippen LogP) is 4.43. The van der Waals surface area contributed by atoms with E-state index >= 15 is 0 Å². The van der Waals surface area contributed by atoms with Gasteiger partial charge in [-0.1, -0.05) is 6.07 Å². The van der Waals surface area contributed by atoms with Crippen LogP contribution in [0.5, 0.6) is 0 Å². The summed E-state index contributed by atoms with van der Waals surface area (Å²) in [4.78, 5) is 4.34. The number of halogens is 2. The largest absolute Gasteiger partial charge is 0.277 e. The van der Waals surface area contributed by atoms with Crippen molar-refractivity contribution in [3.05, 3.63) is 70.6 Å². The van der Waals surface area contributed by atoms with Gasteiger partial charge in [0.25, 0.3) is 0 Å². The van der Waals surface area contributed by atoms with Crippen LogP contribution >= 0.6 is 11.3 Å². The molecule has 0 unspecified atom stereocenters. The monoisotopic (exact) mass is 340 g/mol. The maximum Gasteiger partial charge on any atom is 0.196 e. The minimum Gasteiger partial charge on any atom is -0.277 e. The summed E-state index contributed by atoms with van der Waals surface area (Å²) in [7, 11) is 0. The highest BCUT2D eigenvalue weighted by Gasteiger charge is 2.10. The summed E-state index contributed by atoms with van der Waals surface area (Å²) >= 11 is 1.25. The van der Waals surface area contributed by atoms with Gasteiger partial charge in [-0.25, -0.2) is 13.8 Å². The van der Waals surface area contributed by atoms with Gasteiger partial charge < -0.3 is 0 Å². The molecule has 0 aliphatic rings. The molecule has 7 heteroatoms. The van der Waals surface area contributed by atoms with Gasteiger partial charge in [0.1, 0.15) is 17.7 Å². The minimum absolute atomic E-state index is 0.0811. The maximum absolute atomic E-state index is 13.1. The lowest BCUT2D eigenvalue weighted by atomic mass is 10.2. The lowest BCUT2D eigenvalue weighted by Crippen LogP contribution is -2.01. The molecule has 24 heavy (non-hydrogen) atoms. The Hall–Kier alpha value is -3.11. The van der Waals surface area contributed by atoms with Gasteiger partial charge in [-0.15, -0.1) is 11.3 Å². The first-order valence-corrected chi connectivity index (χ1v) is 7.75. The van der Waals surface area contributed by atoms with Gasteiger partial charge >= 0.3 is 0 Å². The van der Waals surface area contributed by atoms with Crippen molar-refractivity contribution in [2.75, 3.05) is 5.43 Å². The summed E-state index contributed by atoms with van der Waals surface area (Å²) in [6, 6.07) is 13.6. The van der Waals surface area contributed by atoms with Crippen molar-refractivity contribution < 1.29 is 8.78 Å². The number of hydrogen-bond donors (Lipinski definition) is 1. The second-order valence-electron chi connectivity index (χ2n) is 4.74. The Morgan fingerprint density at radius 3 is 2.62 bits per heavy atom. The topological polar surface area (TPSA) is 61.1 Å². The van der Waals surface area contributed by atoms with Crippen molar-refractivity contribution in [2.45, 2.75) is 0 Å². The smallest absolute Gasteiger partial charge is 0.196 e. The summed E-state index contributed by atoms with van der Waals surface area (Å²) in [5, 5.41) is 15.4. The molecule has 2 aromatic carbocycles. The van der Waals surface area contributed by atoms with Crippen LogP contribution in [0, 0.1) is 23.0 Å². The van der Waals surface area contributed by atoms with E-state index in [1.54, 1.807) is 23.6 Å². The van der Waals surface area contributed by atoms with Crippen molar-refractivity contribution >= 4 is 22.7 Å². The molecule has 0 spiro atoms. The zero-order chi connectivity index (χ0) is 16.9. The lowest BCUT2D eigenvalue weighted by molar-refractivity contribution is 0.627. The summed E-state index contributed by atoms with van der Waals surface area (Å²) in [5.41, 5.74) is 4.52. The average molecular weight is 340 g/mol. The Bertz CT molecular complexity index is 926. The molecule has 0 radical (unpaired) electrons. The number of rotatable bonds is 4. The first-order valence-electron chi connectivity index (χ1n) is 6.87. The number of anilines is 1. The van der Waals surface area contributed by atoms with Crippen LogP contribution in [-0.2, 0) is 0 Å². The van der Waals surface area contributed by atoms with E-state index in [1.807, 2.05) is 6.07 Å². The van der Waals surface area contributed by atoms with Crippen LogP contribution in [0.2, 0.25) is 0 Å². The Labute approximate surface area is 140 Å². The van der Waals surface area contributed by atoms with Crippen molar-refractivity contribution in [1.82, 2.24) is 4.98 Å². The Balaban J connectivity index is 1.82. The molecule has 4 nitrogen and oxygen atoms in total. The average Bonchev–Trinajstić information content (AvgIpc) is 3.06. The van der Waals surface area contributed by atoms with Gasteiger partial charge in [0.05, 0.1) is 11.4 Å². The van der Waals surface area contributed by atoms with Crippen LogP contribution in [0.3, 0.4) is 0 Å². The SMILES string of the molecule is N#C/C(=N\Nc1cccc(F)c1)c1nc(-c2ccc(F)cc2)cs1. The number of benzene rings is 2. The van der Waals surface area contributed by atoms with Crippen LogP contribution in [0.1, 0.15) is 5.01 Å². The van der Waals surface area contributed by atoms with E-state index in [9.17, 15) is 14.0 Å². The molecule has 0 bridgehead atoms. The standard InChI is InChI=1S/C17H10F2N4S/c18-12-6-4-11(5-7-12)16-10-24-17(21-16)15(9-20)23-22-14-3-1-2-13(19)8-14/h1-8,10,22H/b23-15+. The molecule has 0 saturated carbocycles. The summed E-state index contributed by atoms with van der Waals surface area (Å²) in [6.45, 7) is 0. The minimum atomic E-state index is -0.401. The van der Waals surface area contributed by atoms with Crippen molar-refractivity contribution in [1.29, 1.82) is 5.26 Å². The molecule has 0 amide bonds. The van der Waals surface area contributed by atoms with E-state index in [2.05, 4.69) is 15.5 Å². The van der Waals surface area contributed by atoms with Gasteiger partial charge in [-0.05, 0) is 42.5 Å². The summed E-state index contributed by atoms with van der Waals surface area (Å²) < 4.78 is 26.1.